The van der Waals surface area contributed by atoms with E-state index in [1.165, 1.54) is 36.5 Å². The first-order valence-corrected chi connectivity index (χ1v) is 6.19. The molecule has 0 spiro atoms. The van der Waals surface area contributed by atoms with Crippen LogP contribution in [-0.4, -0.2) is 18.7 Å². The number of nitrogens with zero attached hydrogens (tertiary/aromatic N) is 1. The van der Waals surface area contributed by atoms with Gasteiger partial charge < -0.3 is 4.74 Å². The number of hydrogen-bond donors (Lipinski definition) is 1. The molecule has 1 amide bonds. The Morgan fingerprint density at radius 1 is 1.14 bits per heavy atom. The van der Waals surface area contributed by atoms with Gasteiger partial charge in [0.2, 0.25) is 0 Å². The average Bonchev–Trinajstić information content (AvgIpc) is 2.49. The van der Waals surface area contributed by atoms with Gasteiger partial charge in [-0.15, -0.1) is 0 Å². The maximum absolute atomic E-state index is 12.7. The molecule has 2 aromatic carbocycles. The van der Waals surface area contributed by atoms with Crippen LogP contribution >= 0.6 is 0 Å². The molecule has 2 rings (SSSR count). The lowest BCUT2D eigenvalue weighted by atomic mass is 10.2. The summed E-state index contributed by atoms with van der Waals surface area (Å²) in [7, 11) is 0. The first-order valence-electron chi connectivity index (χ1n) is 6.19. The number of amides is 1. The second kappa shape index (κ2) is 7.26. The van der Waals surface area contributed by atoms with Crippen LogP contribution in [0.3, 0.4) is 0 Å². The van der Waals surface area contributed by atoms with Gasteiger partial charge in [-0.1, -0.05) is 12.1 Å². The van der Waals surface area contributed by atoms with Gasteiger partial charge in [0.1, 0.15) is 11.6 Å². The third-order valence-corrected chi connectivity index (χ3v) is 2.61. The Kier molecular flexibility index (Phi) is 5.13. The Hall–Kier alpha value is -2.83. The monoisotopic (exact) mass is 308 g/mol. The highest BCUT2D eigenvalue weighted by Gasteiger charge is 2.08. The highest BCUT2D eigenvalue weighted by atomic mass is 19.3. The molecule has 4 nitrogen and oxygen atoms in total. The normalized spacial score (nSPS) is 10.9. The Labute approximate surface area is 124 Å². The van der Waals surface area contributed by atoms with Crippen molar-refractivity contribution in [2.75, 3.05) is 0 Å². The molecule has 0 fully saturated rings. The number of ether oxygens (including phenoxy) is 1. The molecule has 0 aliphatic carbocycles. The zero-order valence-corrected chi connectivity index (χ0v) is 11.2. The maximum atomic E-state index is 12.7. The van der Waals surface area contributed by atoms with Gasteiger partial charge in [-0.05, 0) is 36.4 Å². The number of hydrogen-bond acceptors (Lipinski definition) is 3. The van der Waals surface area contributed by atoms with E-state index in [0.717, 1.165) is 12.1 Å². The third-order valence-electron chi connectivity index (χ3n) is 2.61. The lowest BCUT2D eigenvalue weighted by Crippen LogP contribution is -2.17. The van der Waals surface area contributed by atoms with Gasteiger partial charge in [-0.2, -0.15) is 13.9 Å². The lowest BCUT2D eigenvalue weighted by Gasteiger charge is -2.06. The van der Waals surface area contributed by atoms with E-state index in [1.54, 1.807) is 6.07 Å². The quantitative estimate of drug-likeness (QED) is 0.681. The van der Waals surface area contributed by atoms with Crippen LogP contribution in [0.1, 0.15) is 15.9 Å². The van der Waals surface area contributed by atoms with Crippen molar-refractivity contribution < 1.29 is 22.7 Å². The molecule has 0 bridgehead atoms. The summed E-state index contributed by atoms with van der Waals surface area (Å²) in [6.45, 7) is -2.96. The molecule has 0 saturated carbocycles. The highest BCUT2D eigenvalue weighted by molar-refractivity contribution is 5.95. The minimum Gasteiger partial charge on any atom is -0.434 e. The van der Waals surface area contributed by atoms with Crippen LogP contribution in [0.15, 0.2) is 53.6 Å². The summed E-state index contributed by atoms with van der Waals surface area (Å²) in [5.41, 5.74) is 2.71. The Morgan fingerprint density at radius 2 is 1.82 bits per heavy atom. The molecule has 0 aliphatic rings. The van der Waals surface area contributed by atoms with Crippen molar-refractivity contribution in [1.29, 1.82) is 0 Å². The van der Waals surface area contributed by atoms with E-state index >= 15 is 0 Å². The molecular weight excluding hydrogens is 297 g/mol. The van der Waals surface area contributed by atoms with E-state index < -0.39 is 18.3 Å². The molecular formula is C15H11F3N2O2. The third kappa shape index (κ3) is 4.34. The fourth-order valence-electron chi connectivity index (χ4n) is 1.62. The SMILES string of the molecule is O=C(N/N=C\c1ccccc1OC(F)F)c1ccc(F)cc1. The van der Waals surface area contributed by atoms with E-state index in [0.29, 0.717) is 0 Å². The van der Waals surface area contributed by atoms with Crippen molar-refractivity contribution in [3.8, 4) is 5.75 Å². The summed E-state index contributed by atoms with van der Waals surface area (Å²) in [5.74, 6) is -1.07. The number of alkyl halides is 2. The number of benzene rings is 2. The minimum absolute atomic E-state index is 0.0581. The predicted molar refractivity (Wildman–Crippen MR) is 74.5 cm³/mol. The fourth-order valence-corrected chi connectivity index (χ4v) is 1.62. The van der Waals surface area contributed by atoms with E-state index in [4.69, 9.17) is 0 Å². The Balaban J connectivity index is 2.03. The van der Waals surface area contributed by atoms with E-state index in [2.05, 4.69) is 15.3 Å². The number of rotatable bonds is 5. The highest BCUT2D eigenvalue weighted by Crippen LogP contribution is 2.18. The molecule has 0 saturated heterocycles. The second-order valence-corrected chi connectivity index (χ2v) is 4.12. The number of nitrogens with one attached hydrogen (secondary N) is 1. The van der Waals surface area contributed by atoms with Gasteiger partial charge in [-0.25, -0.2) is 9.82 Å². The summed E-state index contributed by atoms with van der Waals surface area (Å²) in [6, 6.07) is 10.9. The molecule has 0 aliphatic heterocycles. The van der Waals surface area contributed by atoms with E-state index in [1.807, 2.05) is 0 Å². The van der Waals surface area contributed by atoms with Gasteiger partial charge in [0.05, 0.1) is 6.21 Å². The number of carbonyl (C=O) groups excluding carboxylic acids is 1. The molecule has 1 N–H and O–H groups in total. The lowest BCUT2D eigenvalue weighted by molar-refractivity contribution is -0.0499. The first-order chi connectivity index (χ1) is 10.6. The average molecular weight is 308 g/mol. The van der Waals surface area contributed by atoms with Gasteiger partial charge >= 0.3 is 6.61 Å². The standard InChI is InChI=1S/C15H11F3N2O2/c16-12-7-5-10(6-8-12)14(21)20-19-9-11-3-1-2-4-13(11)22-15(17)18/h1-9,15H,(H,20,21)/b19-9-. The molecule has 0 heterocycles. The molecule has 7 heteroatoms. The minimum atomic E-state index is -2.96. The summed E-state index contributed by atoms with van der Waals surface area (Å²) >= 11 is 0. The van der Waals surface area contributed by atoms with Crippen molar-refractivity contribution in [2.45, 2.75) is 6.61 Å². The zero-order valence-electron chi connectivity index (χ0n) is 11.2. The van der Waals surface area contributed by atoms with Gasteiger partial charge in [0.15, 0.2) is 0 Å². The van der Waals surface area contributed by atoms with E-state index in [-0.39, 0.29) is 16.9 Å². The van der Waals surface area contributed by atoms with Gasteiger partial charge in [0, 0.05) is 11.1 Å². The summed E-state index contributed by atoms with van der Waals surface area (Å²) in [5, 5.41) is 3.67. The van der Waals surface area contributed by atoms with Crippen LogP contribution in [0.4, 0.5) is 13.2 Å². The fraction of sp³-hybridized carbons (Fsp3) is 0.0667. The number of halogens is 3. The van der Waals surface area contributed by atoms with Crippen LogP contribution in [0.5, 0.6) is 5.75 Å². The van der Waals surface area contributed by atoms with Crippen LogP contribution in [0.2, 0.25) is 0 Å². The smallest absolute Gasteiger partial charge is 0.387 e. The van der Waals surface area contributed by atoms with Crippen molar-refractivity contribution >= 4 is 12.1 Å². The van der Waals surface area contributed by atoms with Crippen molar-refractivity contribution in [3.63, 3.8) is 0 Å². The molecule has 0 aromatic heterocycles. The number of carbonyl (C=O) groups is 1. The van der Waals surface area contributed by atoms with Crippen molar-refractivity contribution in [3.05, 3.63) is 65.5 Å². The largest absolute Gasteiger partial charge is 0.434 e. The number of hydrazone groups is 1. The second-order valence-electron chi connectivity index (χ2n) is 4.12. The topological polar surface area (TPSA) is 50.7 Å². The molecule has 0 unspecified atom stereocenters. The van der Waals surface area contributed by atoms with Gasteiger partial charge in [-0.3, -0.25) is 4.79 Å². The van der Waals surface area contributed by atoms with Crippen LogP contribution in [-0.2, 0) is 0 Å². The molecule has 22 heavy (non-hydrogen) atoms. The van der Waals surface area contributed by atoms with Crippen LogP contribution in [0.25, 0.3) is 0 Å². The van der Waals surface area contributed by atoms with Crippen molar-refractivity contribution in [2.24, 2.45) is 5.10 Å². The van der Waals surface area contributed by atoms with Crippen molar-refractivity contribution in [1.82, 2.24) is 5.43 Å². The Bertz CT molecular complexity index is 673. The summed E-state index contributed by atoms with van der Waals surface area (Å²) in [6.07, 6.45) is 1.18. The molecule has 0 atom stereocenters. The first kappa shape index (κ1) is 15.6. The maximum Gasteiger partial charge on any atom is 0.387 e. The van der Waals surface area contributed by atoms with E-state index in [9.17, 15) is 18.0 Å². The summed E-state index contributed by atoms with van der Waals surface area (Å²) < 4.78 is 41.5. The van der Waals surface area contributed by atoms with Crippen LogP contribution < -0.4 is 10.2 Å². The molecule has 0 radical (unpaired) electrons. The molecule has 114 valence electrons. The van der Waals surface area contributed by atoms with Crippen LogP contribution in [0, 0.1) is 5.82 Å². The Morgan fingerprint density at radius 3 is 2.50 bits per heavy atom. The predicted octanol–water partition coefficient (Wildman–Crippen LogP) is 3.19. The number of para-hydroxylation sites is 1. The van der Waals surface area contributed by atoms with Gasteiger partial charge in [0.25, 0.3) is 5.91 Å². The summed E-state index contributed by atoms with van der Waals surface area (Å²) in [4.78, 5) is 11.7. The zero-order chi connectivity index (χ0) is 15.9. The molecule has 2 aromatic rings.